The number of thioether (sulfide) groups is 1. The van der Waals surface area contributed by atoms with Crippen LogP contribution in [0.5, 0.6) is 0 Å². The molecule has 0 spiro atoms. The molecular formula is C12H11BrN2S. The SMILES string of the molecule is CSc1ccc(Br)cc1-c1ccncc1N. The maximum atomic E-state index is 5.94. The van der Waals surface area contributed by atoms with Crippen LogP contribution in [0.1, 0.15) is 0 Å². The molecule has 4 heteroatoms. The summed E-state index contributed by atoms with van der Waals surface area (Å²) < 4.78 is 1.05. The summed E-state index contributed by atoms with van der Waals surface area (Å²) in [5, 5.41) is 0. The molecule has 0 aliphatic rings. The van der Waals surface area contributed by atoms with E-state index >= 15 is 0 Å². The van der Waals surface area contributed by atoms with Crippen molar-refractivity contribution in [3.63, 3.8) is 0 Å². The van der Waals surface area contributed by atoms with Gasteiger partial charge in [0.1, 0.15) is 0 Å². The fourth-order valence-electron chi connectivity index (χ4n) is 1.54. The predicted molar refractivity (Wildman–Crippen MR) is 73.6 cm³/mol. The minimum Gasteiger partial charge on any atom is -0.397 e. The van der Waals surface area contributed by atoms with Crippen molar-refractivity contribution in [1.82, 2.24) is 4.98 Å². The molecule has 2 rings (SSSR count). The molecule has 0 saturated carbocycles. The quantitative estimate of drug-likeness (QED) is 0.856. The van der Waals surface area contributed by atoms with Gasteiger partial charge in [0.2, 0.25) is 0 Å². The molecule has 2 N–H and O–H groups in total. The van der Waals surface area contributed by atoms with Crippen LogP contribution in [0.2, 0.25) is 0 Å². The van der Waals surface area contributed by atoms with Gasteiger partial charge in [-0.25, -0.2) is 0 Å². The normalized spacial score (nSPS) is 10.4. The summed E-state index contributed by atoms with van der Waals surface area (Å²) in [6.45, 7) is 0. The van der Waals surface area contributed by atoms with Gasteiger partial charge in [0.25, 0.3) is 0 Å². The van der Waals surface area contributed by atoms with Gasteiger partial charge in [-0.15, -0.1) is 11.8 Å². The van der Waals surface area contributed by atoms with Gasteiger partial charge in [0.05, 0.1) is 11.9 Å². The lowest BCUT2D eigenvalue weighted by Crippen LogP contribution is -1.92. The van der Waals surface area contributed by atoms with Crippen LogP contribution in [0.15, 0.2) is 46.0 Å². The highest BCUT2D eigenvalue weighted by Gasteiger charge is 2.08. The standard InChI is InChI=1S/C12H11BrN2S/c1-16-12-3-2-8(13)6-10(12)9-4-5-15-7-11(9)14/h2-7H,14H2,1H3. The second-order valence-corrected chi connectivity index (χ2v) is 5.07. The molecule has 82 valence electrons. The summed E-state index contributed by atoms with van der Waals surface area (Å²) in [5.41, 5.74) is 8.81. The average Bonchev–Trinajstić information content (AvgIpc) is 2.29. The van der Waals surface area contributed by atoms with Gasteiger partial charge >= 0.3 is 0 Å². The molecule has 16 heavy (non-hydrogen) atoms. The second kappa shape index (κ2) is 4.89. The van der Waals surface area contributed by atoms with Crippen molar-refractivity contribution in [2.45, 2.75) is 4.90 Å². The third-order valence-corrected chi connectivity index (χ3v) is 3.59. The first kappa shape index (κ1) is 11.5. The van der Waals surface area contributed by atoms with Gasteiger partial charge in [-0.05, 0) is 36.1 Å². The largest absolute Gasteiger partial charge is 0.397 e. The minimum absolute atomic E-state index is 0.705. The molecule has 1 aromatic heterocycles. The van der Waals surface area contributed by atoms with Crippen LogP contribution in [0.4, 0.5) is 5.69 Å². The maximum Gasteiger partial charge on any atom is 0.0580 e. The fraction of sp³-hybridized carbons (Fsp3) is 0.0833. The first-order chi connectivity index (χ1) is 7.72. The number of benzene rings is 1. The van der Waals surface area contributed by atoms with Crippen LogP contribution in [0.25, 0.3) is 11.1 Å². The molecule has 0 unspecified atom stereocenters. The van der Waals surface area contributed by atoms with E-state index in [-0.39, 0.29) is 0 Å². The smallest absolute Gasteiger partial charge is 0.0580 e. The topological polar surface area (TPSA) is 38.9 Å². The first-order valence-corrected chi connectivity index (χ1v) is 6.77. The number of rotatable bonds is 2. The van der Waals surface area contributed by atoms with Gasteiger partial charge in [0, 0.05) is 21.1 Å². The first-order valence-electron chi connectivity index (χ1n) is 4.76. The number of hydrogen-bond acceptors (Lipinski definition) is 3. The maximum absolute atomic E-state index is 5.94. The van der Waals surface area contributed by atoms with Crippen molar-refractivity contribution in [3.05, 3.63) is 41.1 Å². The van der Waals surface area contributed by atoms with Gasteiger partial charge in [-0.2, -0.15) is 0 Å². The Morgan fingerprint density at radius 2 is 2.06 bits per heavy atom. The highest BCUT2D eigenvalue weighted by Crippen LogP contribution is 2.35. The molecule has 1 heterocycles. The van der Waals surface area contributed by atoms with Crippen LogP contribution in [0, 0.1) is 0 Å². The van der Waals surface area contributed by atoms with E-state index in [1.807, 2.05) is 12.1 Å². The van der Waals surface area contributed by atoms with Gasteiger partial charge in [-0.1, -0.05) is 15.9 Å². The van der Waals surface area contributed by atoms with Crippen LogP contribution < -0.4 is 5.73 Å². The summed E-state index contributed by atoms with van der Waals surface area (Å²) in [6.07, 6.45) is 5.50. The van der Waals surface area contributed by atoms with Gasteiger partial charge < -0.3 is 5.73 Å². The van der Waals surface area contributed by atoms with Crippen molar-refractivity contribution in [3.8, 4) is 11.1 Å². The van der Waals surface area contributed by atoms with Crippen molar-refractivity contribution in [2.75, 3.05) is 12.0 Å². The minimum atomic E-state index is 0.705. The zero-order valence-electron chi connectivity index (χ0n) is 8.77. The van der Waals surface area contributed by atoms with Crippen LogP contribution >= 0.6 is 27.7 Å². The van der Waals surface area contributed by atoms with E-state index in [2.05, 4.69) is 39.3 Å². The van der Waals surface area contributed by atoms with E-state index in [1.54, 1.807) is 24.2 Å². The molecule has 0 aliphatic carbocycles. The summed E-state index contributed by atoms with van der Waals surface area (Å²) >= 11 is 5.19. The number of halogens is 1. The van der Waals surface area contributed by atoms with E-state index in [1.165, 1.54) is 4.90 Å². The molecule has 2 nitrogen and oxygen atoms in total. The third kappa shape index (κ3) is 2.23. The zero-order chi connectivity index (χ0) is 11.5. The number of nitrogens with two attached hydrogens (primary N) is 1. The van der Waals surface area contributed by atoms with Crippen molar-refractivity contribution >= 4 is 33.4 Å². The average molecular weight is 295 g/mol. The zero-order valence-corrected chi connectivity index (χ0v) is 11.2. The number of aromatic nitrogens is 1. The number of nitrogens with zero attached hydrogens (tertiary/aromatic N) is 1. The van der Waals surface area contributed by atoms with Crippen molar-refractivity contribution in [1.29, 1.82) is 0 Å². The lowest BCUT2D eigenvalue weighted by Gasteiger charge is -2.10. The van der Waals surface area contributed by atoms with Gasteiger partial charge in [0.15, 0.2) is 0 Å². The summed E-state index contributed by atoms with van der Waals surface area (Å²) in [7, 11) is 0. The molecule has 0 aliphatic heterocycles. The van der Waals surface area contributed by atoms with E-state index in [9.17, 15) is 0 Å². The molecule has 0 amide bonds. The van der Waals surface area contributed by atoms with Crippen LogP contribution in [-0.2, 0) is 0 Å². The summed E-state index contributed by atoms with van der Waals surface area (Å²) in [5.74, 6) is 0. The number of nitrogen functional groups attached to an aromatic ring is 1. The third-order valence-electron chi connectivity index (χ3n) is 2.30. The summed E-state index contributed by atoms with van der Waals surface area (Å²) in [4.78, 5) is 5.21. The Morgan fingerprint density at radius 1 is 1.25 bits per heavy atom. The van der Waals surface area contributed by atoms with Crippen LogP contribution in [-0.4, -0.2) is 11.2 Å². The molecule has 0 bridgehead atoms. The molecular weight excluding hydrogens is 284 g/mol. The Kier molecular flexibility index (Phi) is 3.51. The predicted octanol–water partition coefficient (Wildman–Crippen LogP) is 3.82. The van der Waals surface area contributed by atoms with Crippen molar-refractivity contribution in [2.24, 2.45) is 0 Å². The molecule has 0 radical (unpaired) electrons. The molecule has 1 aromatic carbocycles. The molecule has 0 fully saturated rings. The Hall–Kier alpha value is -1.00. The Balaban J connectivity index is 2.63. The lowest BCUT2D eigenvalue weighted by molar-refractivity contribution is 1.32. The Labute approximate surface area is 107 Å². The Bertz CT molecular complexity index is 514. The van der Waals surface area contributed by atoms with E-state index in [0.29, 0.717) is 5.69 Å². The molecule has 2 aromatic rings. The number of anilines is 1. The van der Waals surface area contributed by atoms with E-state index in [0.717, 1.165) is 15.6 Å². The molecule has 0 saturated heterocycles. The highest BCUT2D eigenvalue weighted by atomic mass is 79.9. The van der Waals surface area contributed by atoms with E-state index in [4.69, 9.17) is 5.73 Å². The number of hydrogen-bond donors (Lipinski definition) is 1. The fourth-order valence-corrected chi connectivity index (χ4v) is 2.50. The lowest BCUT2D eigenvalue weighted by atomic mass is 10.1. The summed E-state index contributed by atoms with van der Waals surface area (Å²) in [6, 6.07) is 8.14. The number of pyridine rings is 1. The molecule has 0 atom stereocenters. The monoisotopic (exact) mass is 294 g/mol. The van der Waals surface area contributed by atoms with Crippen LogP contribution in [0.3, 0.4) is 0 Å². The van der Waals surface area contributed by atoms with Gasteiger partial charge in [-0.3, -0.25) is 4.98 Å². The van der Waals surface area contributed by atoms with Crippen molar-refractivity contribution < 1.29 is 0 Å². The highest BCUT2D eigenvalue weighted by molar-refractivity contribution is 9.10. The second-order valence-electron chi connectivity index (χ2n) is 3.31. The van der Waals surface area contributed by atoms with E-state index < -0.39 is 0 Å². The Morgan fingerprint density at radius 3 is 2.75 bits per heavy atom.